The van der Waals surface area contributed by atoms with E-state index in [1.54, 1.807) is 0 Å². The maximum Gasteiger partial charge on any atom is 0.0463 e. The standard InChI is InChI=1S/C24H38N2Si/c1-16-10-18(3)23(19(4)11-16)25-14-22(15-27(7,8)9)26-24-20(5)12-17(2)13-21(24)6/h10-13,22,25-26H,14-15H2,1-9H3. The van der Waals surface area contributed by atoms with Crippen molar-refractivity contribution >= 4 is 19.4 Å². The second kappa shape index (κ2) is 8.51. The number of aryl methyl sites for hydroxylation is 6. The molecule has 2 N–H and O–H groups in total. The number of nitrogens with one attached hydrogen (secondary N) is 2. The Balaban J connectivity index is 2.23. The van der Waals surface area contributed by atoms with Gasteiger partial charge in [-0.2, -0.15) is 0 Å². The summed E-state index contributed by atoms with van der Waals surface area (Å²) in [5.74, 6) is 0. The van der Waals surface area contributed by atoms with E-state index in [9.17, 15) is 0 Å². The molecule has 0 saturated carbocycles. The molecule has 0 aliphatic carbocycles. The molecule has 0 spiro atoms. The molecule has 0 saturated heterocycles. The van der Waals surface area contributed by atoms with Crippen LogP contribution in [0, 0.1) is 41.5 Å². The number of hydrogen-bond donors (Lipinski definition) is 2. The third kappa shape index (κ3) is 6.13. The van der Waals surface area contributed by atoms with Crippen LogP contribution in [0.3, 0.4) is 0 Å². The van der Waals surface area contributed by atoms with Gasteiger partial charge in [0.2, 0.25) is 0 Å². The first-order valence-corrected chi connectivity index (χ1v) is 13.8. The zero-order chi connectivity index (χ0) is 20.4. The summed E-state index contributed by atoms with van der Waals surface area (Å²) in [5, 5.41) is 7.65. The van der Waals surface area contributed by atoms with Crippen molar-refractivity contribution in [2.45, 2.75) is 73.3 Å². The van der Waals surface area contributed by atoms with Gasteiger partial charge in [0.15, 0.2) is 0 Å². The van der Waals surface area contributed by atoms with Crippen molar-refractivity contribution in [2.24, 2.45) is 0 Å². The molecule has 1 unspecified atom stereocenters. The van der Waals surface area contributed by atoms with Crippen LogP contribution in [0.25, 0.3) is 0 Å². The van der Waals surface area contributed by atoms with Crippen molar-refractivity contribution in [1.82, 2.24) is 0 Å². The van der Waals surface area contributed by atoms with E-state index in [-0.39, 0.29) is 0 Å². The van der Waals surface area contributed by atoms with Gasteiger partial charge < -0.3 is 10.6 Å². The van der Waals surface area contributed by atoms with Crippen molar-refractivity contribution in [1.29, 1.82) is 0 Å². The monoisotopic (exact) mass is 382 g/mol. The van der Waals surface area contributed by atoms with Crippen molar-refractivity contribution in [3.63, 3.8) is 0 Å². The maximum atomic E-state index is 3.89. The molecule has 0 heterocycles. The van der Waals surface area contributed by atoms with Gasteiger partial charge in [-0.05, 0) is 69.8 Å². The van der Waals surface area contributed by atoms with Crippen LogP contribution in [0.1, 0.15) is 33.4 Å². The van der Waals surface area contributed by atoms with Gasteiger partial charge in [-0.1, -0.05) is 55.0 Å². The molecule has 0 aliphatic heterocycles. The molecule has 148 valence electrons. The molecular weight excluding hydrogens is 344 g/mol. The van der Waals surface area contributed by atoms with E-state index >= 15 is 0 Å². The number of anilines is 2. The fourth-order valence-corrected chi connectivity index (χ4v) is 5.93. The first-order valence-electron chi connectivity index (χ1n) is 10.1. The lowest BCUT2D eigenvalue weighted by Crippen LogP contribution is -2.37. The summed E-state index contributed by atoms with van der Waals surface area (Å²) in [7, 11) is -1.20. The highest BCUT2D eigenvalue weighted by molar-refractivity contribution is 6.76. The molecular formula is C24H38N2Si. The SMILES string of the molecule is Cc1cc(C)c(NCC(C[Si](C)(C)C)Nc2c(C)cc(C)cc2C)c(C)c1. The fourth-order valence-electron chi connectivity index (χ4n) is 4.21. The minimum Gasteiger partial charge on any atom is -0.383 e. The summed E-state index contributed by atoms with van der Waals surface area (Å²) in [6, 6.07) is 10.8. The van der Waals surface area contributed by atoms with Gasteiger partial charge in [-0.15, -0.1) is 0 Å². The van der Waals surface area contributed by atoms with E-state index in [2.05, 4.69) is 96.1 Å². The van der Waals surface area contributed by atoms with Gasteiger partial charge in [-0.25, -0.2) is 0 Å². The van der Waals surface area contributed by atoms with Gasteiger partial charge in [0.05, 0.1) is 0 Å². The highest BCUT2D eigenvalue weighted by Gasteiger charge is 2.22. The predicted octanol–water partition coefficient (Wildman–Crippen LogP) is 6.77. The first kappa shape index (κ1) is 21.6. The Hall–Kier alpha value is -1.74. The minimum absolute atomic E-state index is 0.428. The highest BCUT2D eigenvalue weighted by atomic mass is 28.3. The van der Waals surface area contributed by atoms with Gasteiger partial charge in [0.1, 0.15) is 0 Å². The van der Waals surface area contributed by atoms with E-state index in [0.29, 0.717) is 6.04 Å². The lowest BCUT2D eigenvalue weighted by molar-refractivity contribution is 0.814. The Bertz CT molecular complexity index is 757. The third-order valence-electron chi connectivity index (χ3n) is 5.09. The van der Waals surface area contributed by atoms with Crippen LogP contribution >= 0.6 is 0 Å². The molecule has 0 amide bonds. The smallest absolute Gasteiger partial charge is 0.0463 e. The number of hydrogen-bond acceptors (Lipinski definition) is 2. The largest absolute Gasteiger partial charge is 0.383 e. The van der Waals surface area contributed by atoms with E-state index in [1.807, 2.05) is 0 Å². The zero-order valence-electron chi connectivity index (χ0n) is 18.8. The minimum atomic E-state index is -1.20. The first-order chi connectivity index (χ1) is 12.5. The summed E-state index contributed by atoms with van der Waals surface area (Å²) < 4.78 is 0. The molecule has 2 aromatic rings. The second-order valence-corrected chi connectivity index (χ2v) is 15.1. The van der Waals surface area contributed by atoms with Gasteiger partial charge in [0.25, 0.3) is 0 Å². The third-order valence-corrected chi connectivity index (χ3v) is 6.80. The van der Waals surface area contributed by atoms with Crippen LogP contribution in [0.4, 0.5) is 11.4 Å². The molecule has 2 rings (SSSR count). The molecule has 1 atom stereocenters. The quantitative estimate of drug-likeness (QED) is 0.516. The predicted molar refractivity (Wildman–Crippen MR) is 125 cm³/mol. The summed E-state index contributed by atoms with van der Waals surface area (Å²) in [6.07, 6.45) is 0. The van der Waals surface area contributed by atoms with E-state index in [0.717, 1.165) is 6.54 Å². The Morgan fingerprint density at radius 3 is 1.52 bits per heavy atom. The normalized spacial score (nSPS) is 12.8. The molecule has 2 nitrogen and oxygen atoms in total. The molecule has 0 fully saturated rings. The van der Waals surface area contributed by atoms with Crippen LogP contribution in [0.5, 0.6) is 0 Å². The maximum absolute atomic E-state index is 3.89. The van der Waals surface area contributed by atoms with Crippen molar-refractivity contribution in [3.8, 4) is 0 Å². The summed E-state index contributed by atoms with van der Waals surface area (Å²) in [6.45, 7) is 21.5. The van der Waals surface area contributed by atoms with Gasteiger partial charge in [0, 0.05) is 32.0 Å². The molecule has 3 heteroatoms. The van der Waals surface area contributed by atoms with E-state index < -0.39 is 8.07 Å². The average molecular weight is 383 g/mol. The van der Waals surface area contributed by atoms with Crippen molar-refractivity contribution in [3.05, 3.63) is 57.6 Å². The molecule has 27 heavy (non-hydrogen) atoms. The van der Waals surface area contributed by atoms with Gasteiger partial charge in [-0.3, -0.25) is 0 Å². The molecule has 0 radical (unpaired) electrons. The molecule has 0 aromatic heterocycles. The lowest BCUT2D eigenvalue weighted by Gasteiger charge is -2.29. The van der Waals surface area contributed by atoms with Gasteiger partial charge >= 0.3 is 0 Å². The van der Waals surface area contributed by atoms with E-state index in [1.165, 1.54) is 50.8 Å². The summed E-state index contributed by atoms with van der Waals surface area (Å²) >= 11 is 0. The Labute approximate surface area is 167 Å². The fraction of sp³-hybridized carbons (Fsp3) is 0.500. The Kier molecular flexibility index (Phi) is 6.80. The summed E-state index contributed by atoms with van der Waals surface area (Å²) in [5.41, 5.74) is 10.6. The molecule has 0 bridgehead atoms. The van der Waals surface area contributed by atoms with Crippen LogP contribution in [-0.2, 0) is 0 Å². The van der Waals surface area contributed by atoms with Crippen LogP contribution < -0.4 is 10.6 Å². The second-order valence-electron chi connectivity index (χ2n) is 9.53. The van der Waals surface area contributed by atoms with Crippen molar-refractivity contribution in [2.75, 3.05) is 17.2 Å². The Morgan fingerprint density at radius 2 is 1.11 bits per heavy atom. The zero-order valence-corrected chi connectivity index (χ0v) is 19.8. The highest BCUT2D eigenvalue weighted by Crippen LogP contribution is 2.26. The molecule has 2 aromatic carbocycles. The van der Waals surface area contributed by atoms with Crippen LogP contribution in [-0.4, -0.2) is 20.7 Å². The lowest BCUT2D eigenvalue weighted by atomic mass is 10.0. The number of rotatable bonds is 7. The van der Waals surface area contributed by atoms with Crippen LogP contribution in [0.15, 0.2) is 24.3 Å². The van der Waals surface area contributed by atoms with Crippen LogP contribution in [0.2, 0.25) is 25.7 Å². The number of benzene rings is 2. The Morgan fingerprint density at radius 1 is 0.704 bits per heavy atom. The van der Waals surface area contributed by atoms with Crippen molar-refractivity contribution < 1.29 is 0 Å². The van der Waals surface area contributed by atoms with E-state index in [4.69, 9.17) is 0 Å². The topological polar surface area (TPSA) is 24.1 Å². The summed E-state index contributed by atoms with van der Waals surface area (Å²) in [4.78, 5) is 0. The average Bonchev–Trinajstić information content (AvgIpc) is 2.47. The molecule has 0 aliphatic rings.